The van der Waals surface area contributed by atoms with Crippen molar-refractivity contribution < 1.29 is 4.74 Å². The highest BCUT2D eigenvalue weighted by Gasteiger charge is 2.12. The Balaban J connectivity index is 1.83. The normalized spacial score (nSPS) is 20.7. The molecule has 2 rings (SSSR count). The van der Waals surface area contributed by atoms with E-state index in [1.54, 1.807) is 7.11 Å². The van der Waals surface area contributed by atoms with E-state index in [0.717, 1.165) is 11.7 Å². The maximum absolute atomic E-state index is 5.23. The van der Waals surface area contributed by atoms with Crippen molar-refractivity contribution in [1.82, 2.24) is 5.32 Å². The fourth-order valence-corrected chi connectivity index (χ4v) is 2.37. The molecule has 1 N–H and O–H groups in total. The molecule has 1 atom stereocenters. The third-order valence-corrected chi connectivity index (χ3v) is 3.37. The first-order valence-electron chi connectivity index (χ1n) is 6.22. The summed E-state index contributed by atoms with van der Waals surface area (Å²) in [7, 11) is 1.73. The van der Waals surface area contributed by atoms with Crippen molar-refractivity contribution in [3.8, 4) is 5.75 Å². The predicted octanol–water partition coefficient (Wildman–Crippen LogP) is 2.63. The van der Waals surface area contributed by atoms with Crippen LogP contribution in [0.3, 0.4) is 0 Å². The predicted molar refractivity (Wildman–Crippen MR) is 66.9 cm³/mol. The van der Waals surface area contributed by atoms with E-state index in [1.165, 1.54) is 44.3 Å². The molecule has 2 heteroatoms. The number of hydrogen-bond donors (Lipinski definition) is 1. The minimum atomic E-state index is 0.861. The van der Waals surface area contributed by atoms with Crippen molar-refractivity contribution >= 4 is 0 Å². The van der Waals surface area contributed by atoms with Crippen LogP contribution in [0, 0.1) is 5.92 Å². The van der Waals surface area contributed by atoms with E-state index in [-0.39, 0.29) is 0 Å². The topological polar surface area (TPSA) is 21.3 Å². The summed E-state index contributed by atoms with van der Waals surface area (Å²) >= 11 is 0. The Bertz CT molecular complexity index is 318. The van der Waals surface area contributed by atoms with Crippen molar-refractivity contribution in [3.63, 3.8) is 0 Å². The molecule has 1 aromatic rings. The van der Waals surface area contributed by atoms with E-state index in [1.807, 2.05) is 6.07 Å². The summed E-state index contributed by atoms with van der Waals surface area (Å²) in [6.07, 6.45) is 5.18. The van der Waals surface area contributed by atoms with Crippen LogP contribution in [0.15, 0.2) is 24.3 Å². The number of benzene rings is 1. The number of nitrogens with one attached hydrogen (secondary N) is 1. The summed E-state index contributed by atoms with van der Waals surface area (Å²) < 4.78 is 5.23. The zero-order chi connectivity index (χ0) is 11.2. The van der Waals surface area contributed by atoms with Crippen LogP contribution in [0.5, 0.6) is 5.75 Å². The summed E-state index contributed by atoms with van der Waals surface area (Å²) in [6.45, 7) is 2.40. The summed E-state index contributed by atoms with van der Waals surface area (Å²) in [5.41, 5.74) is 1.39. The highest BCUT2D eigenvalue weighted by molar-refractivity contribution is 5.28. The Morgan fingerprint density at radius 2 is 2.38 bits per heavy atom. The van der Waals surface area contributed by atoms with Crippen LogP contribution >= 0.6 is 0 Å². The molecule has 0 amide bonds. The quantitative estimate of drug-likeness (QED) is 0.840. The van der Waals surface area contributed by atoms with Gasteiger partial charge in [-0.05, 0) is 62.4 Å². The molecule has 2 nitrogen and oxygen atoms in total. The Morgan fingerprint density at radius 1 is 1.44 bits per heavy atom. The first-order chi connectivity index (χ1) is 7.88. The minimum absolute atomic E-state index is 0.861. The molecule has 0 aliphatic carbocycles. The zero-order valence-corrected chi connectivity index (χ0v) is 10.0. The number of methoxy groups -OCH3 is 1. The number of piperidine rings is 1. The highest BCUT2D eigenvalue weighted by atomic mass is 16.5. The molecule has 1 heterocycles. The van der Waals surface area contributed by atoms with Gasteiger partial charge in [0.1, 0.15) is 5.75 Å². The molecule has 88 valence electrons. The molecule has 0 unspecified atom stereocenters. The van der Waals surface area contributed by atoms with Crippen LogP contribution in [0.25, 0.3) is 0 Å². The summed E-state index contributed by atoms with van der Waals surface area (Å²) in [6, 6.07) is 8.42. The second-order valence-electron chi connectivity index (χ2n) is 4.60. The molecule has 1 saturated heterocycles. The second-order valence-corrected chi connectivity index (χ2v) is 4.60. The average molecular weight is 219 g/mol. The average Bonchev–Trinajstić information content (AvgIpc) is 2.38. The molecule has 1 fully saturated rings. The summed E-state index contributed by atoms with van der Waals surface area (Å²) in [5, 5.41) is 3.47. The molecule has 1 aromatic carbocycles. The van der Waals surface area contributed by atoms with E-state index in [0.29, 0.717) is 0 Å². The van der Waals surface area contributed by atoms with Crippen molar-refractivity contribution in [2.75, 3.05) is 20.2 Å². The number of hydrogen-bond acceptors (Lipinski definition) is 2. The molecule has 16 heavy (non-hydrogen) atoms. The van der Waals surface area contributed by atoms with Gasteiger partial charge < -0.3 is 10.1 Å². The summed E-state index contributed by atoms with van der Waals surface area (Å²) in [4.78, 5) is 0. The van der Waals surface area contributed by atoms with Gasteiger partial charge in [0.15, 0.2) is 0 Å². The number of ether oxygens (including phenoxy) is 1. The monoisotopic (exact) mass is 219 g/mol. The minimum Gasteiger partial charge on any atom is -0.497 e. The van der Waals surface area contributed by atoms with Gasteiger partial charge in [0.05, 0.1) is 7.11 Å². The van der Waals surface area contributed by atoms with Gasteiger partial charge in [-0.1, -0.05) is 12.1 Å². The lowest BCUT2D eigenvalue weighted by Gasteiger charge is -2.22. The lowest BCUT2D eigenvalue weighted by atomic mass is 9.93. The first kappa shape index (κ1) is 11.5. The van der Waals surface area contributed by atoms with Crippen LogP contribution in [0.1, 0.15) is 24.8 Å². The maximum atomic E-state index is 5.23. The molecule has 1 aliphatic heterocycles. The van der Waals surface area contributed by atoms with E-state index < -0.39 is 0 Å². The van der Waals surface area contributed by atoms with Crippen LogP contribution in [-0.4, -0.2) is 20.2 Å². The molecule has 0 aromatic heterocycles. The number of aryl methyl sites for hydroxylation is 1. The smallest absolute Gasteiger partial charge is 0.119 e. The van der Waals surface area contributed by atoms with Crippen molar-refractivity contribution in [2.24, 2.45) is 5.92 Å². The lowest BCUT2D eigenvalue weighted by Crippen LogP contribution is -2.29. The SMILES string of the molecule is COc1cccc(CC[C@@H]2CCCNC2)c1. The van der Waals surface area contributed by atoms with Gasteiger partial charge in [0, 0.05) is 0 Å². The highest BCUT2D eigenvalue weighted by Crippen LogP contribution is 2.19. The Kier molecular flexibility index (Phi) is 4.23. The fraction of sp³-hybridized carbons (Fsp3) is 0.571. The van der Waals surface area contributed by atoms with E-state index in [2.05, 4.69) is 23.5 Å². The van der Waals surface area contributed by atoms with Gasteiger partial charge in [-0.15, -0.1) is 0 Å². The van der Waals surface area contributed by atoms with Crippen LogP contribution in [0.4, 0.5) is 0 Å². The van der Waals surface area contributed by atoms with Gasteiger partial charge >= 0.3 is 0 Å². The molecule has 0 radical (unpaired) electrons. The van der Waals surface area contributed by atoms with Gasteiger partial charge in [0.2, 0.25) is 0 Å². The van der Waals surface area contributed by atoms with Crippen molar-refractivity contribution in [1.29, 1.82) is 0 Å². The van der Waals surface area contributed by atoms with E-state index in [9.17, 15) is 0 Å². The van der Waals surface area contributed by atoms with Gasteiger partial charge in [-0.25, -0.2) is 0 Å². The van der Waals surface area contributed by atoms with Gasteiger partial charge in [-0.2, -0.15) is 0 Å². The number of rotatable bonds is 4. The maximum Gasteiger partial charge on any atom is 0.119 e. The molecule has 0 saturated carbocycles. The van der Waals surface area contributed by atoms with Gasteiger partial charge in [0.25, 0.3) is 0 Å². The molecular formula is C14H21NO. The largest absolute Gasteiger partial charge is 0.497 e. The van der Waals surface area contributed by atoms with Crippen LogP contribution < -0.4 is 10.1 Å². The molecule has 0 bridgehead atoms. The van der Waals surface area contributed by atoms with Crippen LogP contribution in [0.2, 0.25) is 0 Å². The molecule has 1 aliphatic rings. The zero-order valence-electron chi connectivity index (χ0n) is 10.0. The third kappa shape index (κ3) is 3.24. The third-order valence-electron chi connectivity index (χ3n) is 3.37. The summed E-state index contributed by atoms with van der Waals surface area (Å²) in [5.74, 6) is 1.83. The lowest BCUT2D eigenvalue weighted by molar-refractivity contribution is 0.358. The van der Waals surface area contributed by atoms with Crippen molar-refractivity contribution in [3.05, 3.63) is 29.8 Å². The van der Waals surface area contributed by atoms with E-state index in [4.69, 9.17) is 4.74 Å². The Labute approximate surface area is 98.0 Å². The van der Waals surface area contributed by atoms with Gasteiger partial charge in [-0.3, -0.25) is 0 Å². The van der Waals surface area contributed by atoms with Crippen LogP contribution in [-0.2, 0) is 6.42 Å². The van der Waals surface area contributed by atoms with E-state index >= 15 is 0 Å². The first-order valence-corrected chi connectivity index (χ1v) is 6.22. The Hall–Kier alpha value is -1.02. The Morgan fingerprint density at radius 3 is 3.12 bits per heavy atom. The fourth-order valence-electron chi connectivity index (χ4n) is 2.37. The van der Waals surface area contributed by atoms with Crippen molar-refractivity contribution in [2.45, 2.75) is 25.7 Å². The molecule has 0 spiro atoms. The molecular weight excluding hydrogens is 198 g/mol. The second kappa shape index (κ2) is 5.90. The standard InChI is InChI=1S/C14H21NO/c1-16-14-6-2-4-12(10-14)7-8-13-5-3-9-15-11-13/h2,4,6,10,13,15H,3,5,7-9,11H2,1H3/t13-/m0/s1.